The minimum Gasteiger partial charge on any atom is -0.399 e. The molecular weight excluding hydrogens is 617 g/mol. The zero-order valence-electron chi connectivity index (χ0n) is 26.6. The Hall–Kier alpha value is -3.82. The molecule has 1 aromatic heterocycles. The van der Waals surface area contributed by atoms with Crippen LogP contribution in [0.3, 0.4) is 0 Å². The summed E-state index contributed by atoms with van der Waals surface area (Å²) in [6.45, 7) is 10.1. The first-order valence-electron chi connectivity index (χ1n) is 14.5. The molecule has 244 valence electrons. The molecule has 45 heavy (non-hydrogen) atoms. The standard InChI is InChI=1S/C19H20N4O2S.C10H16N2.C2H6O4S/c1-23(2)9-7-22(8-10-23)18-15(26-19(20)21-18)11-14-16(24)12-5-3-4-6-13(12)17(14)25;1-3-12(4-2)10-7-5-9(11)6-8-10;1-5-7(3,4)6-2/h3-6,11H,7-10H2,1-2H3,(H-,20,21,24,25);5-8H,3-4,11H2,1-2H3;1-2H3/p+1. The van der Waals surface area contributed by atoms with E-state index in [9.17, 15) is 18.0 Å². The van der Waals surface area contributed by atoms with Crippen molar-refractivity contribution in [2.24, 2.45) is 0 Å². The largest absolute Gasteiger partial charge is 0.399 e. The van der Waals surface area contributed by atoms with Crippen molar-refractivity contribution in [2.45, 2.75) is 13.8 Å². The SMILES string of the molecule is CCN(CC)c1ccc(N)cc1.COS(=O)(=O)OC.C[N+]1(C)CCN(c2nc(N)sc2C=C2C(=O)c3ccccc3C2=O)CC1. The van der Waals surface area contributed by atoms with E-state index in [1.54, 1.807) is 30.3 Å². The molecule has 0 amide bonds. The zero-order valence-corrected chi connectivity index (χ0v) is 28.3. The molecule has 1 aliphatic heterocycles. The van der Waals surface area contributed by atoms with E-state index >= 15 is 0 Å². The van der Waals surface area contributed by atoms with Crippen molar-refractivity contribution in [3.8, 4) is 0 Å². The molecule has 2 heterocycles. The summed E-state index contributed by atoms with van der Waals surface area (Å²) in [6.07, 6.45) is 1.67. The van der Waals surface area contributed by atoms with E-state index in [-0.39, 0.29) is 17.1 Å². The summed E-state index contributed by atoms with van der Waals surface area (Å²) >= 11 is 1.32. The number of nitrogens with two attached hydrogens (primary N) is 2. The predicted molar refractivity (Wildman–Crippen MR) is 181 cm³/mol. The van der Waals surface area contributed by atoms with Crippen LogP contribution in [0.2, 0.25) is 0 Å². The average Bonchev–Trinajstić information content (AvgIpc) is 3.51. The number of fused-ring (bicyclic) bond motifs is 1. The fraction of sp³-hybridized carbons (Fsp3) is 0.387. The highest BCUT2D eigenvalue weighted by Crippen LogP contribution is 2.34. The highest BCUT2D eigenvalue weighted by Gasteiger charge is 2.34. The van der Waals surface area contributed by atoms with E-state index in [1.807, 2.05) is 12.1 Å². The summed E-state index contributed by atoms with van der Waals surface area (Å²) in [4.78, 5) is 35.0. The molecule has 1 saturated heterocycles. The smallest absolute Gasteiger partial charge is 0.399 e. The summed E-state index contributed by atoms with van der Waals surface area (Å²) in [5.74, 6) is 0.330. The Bertz CT molecular complexity index is 1560. The van der Waals surface area contributed by atoms with Gasteiger partial charge < -0.3 is 25.8 Å². The van der Waals surface area contributed by atoms with Crippen molar-refractivity contribution in [3.05, 3.63) is 70.1 Å². The molecule has 0 atom stereocenters. The van der Waals surface area contributed by atoms with Gasteiger partial charge in [0.1, 0.15) is 5.82 Å². The van der Waals surface area contributed by atoms with Gasteiger partial charge in [0.05, 0.1) is 64.9 Å². The number of carbonyl (C=O) groups excluding carboxylic acids is 2. The minimum absolute atomic E-state index is 0.198. The van der Waals surface area contributed by atoms with Gasteiger partial charge in [-0.25, -0.2) is 4.98 Å². The number of benzene rings is 2. The number of rotatable bonds is 7. The van der Waals surface area contributed by atoms with Crippen molar-refractivity contribution < 1.29 is 30.9 Å². The molecule has 0 saturated carbocycles. The van der Waals surface area contributed by atoms with Crippen LogP contribution in [0.4, 0.5) is 22.3 Å². The van der Waals surface area contributed by atoms with Crippen LogP contribution in [0.15, 0.2) is 54.1 Å². The predicted octanol–water partition coefficient (Wildman–Crippen LogP) is 3.72. The van der Waals surface area contributed by atoms with Gasteiger partial charge in [0.15, 0.2) is 16.7 Å². The molecular formula is C31H43N6O6S2+. The van der Waals surface area contributed by atoms with Crippen LogP contribution in [-0.2, 0) is 18.8 Å². The second-order valence-electron chi connectivity index (χ2n) is 10.9. The van der Waals surface area contributed by atoms with E-state index < -0.39 is 10.4 Å². The fourth-order valence-electron chi connectivity index (χ4n) is 4.76. The minimum atomic E-state index is -3.66. The van der Waals surface area contributed by atoms with Crippen LogP contribution in [0.1, 0.15) is 39.4 Å². The van der Waals surface area contributed by atoms with Gasteiger partial charge in [-0.05, 0) is 44.2 Å². The maximum atomic E-state index is 12.6. The third-order valence-electron chi connectivity index (χ3n) is 7.51. The van der Waals surface area contributed by atoms with Crippen molar-refractivity contribution in [1.29, 1.82) is 0 Å². The number of piperazine rings is 1. The Balaban J connectivity index is 0.000000241. The number of Topliss-reactive ketones (excluding diaryl/α,β-unsaturated/α-hetero) is 2. The number of nitrogen functional groups attached to an aromatic ring is 2. The van der Waals surface area contributed by atoms with Gasteiger partial charge >= 0.3 is 10.4 Å². The normalized spacial score (nSPS) is 15.4. The van der Waals surface area contributed by atoms with Crippen molar-refractivity contribution in [2.75, 3.05) is 88.9 Å². The molecule has 0 spiro atoms. The molecule has 2 aromatic carbocycles. The number of carbonyl (C=O) groups is 2. The number of nitrogens with zero attached hydrogens (tertiary/aromatic N) is 4. The molecule has 14 heteroatoms. The molecule has 3 aromatic rings. The molecule has 5 rings (SSSR count). The Kier molecular flexibility index (Phi) is 12.2. The van der Waals surface area contributed by atoms with Gasteiger partial charge in [-0.3, -0.25) is 18.0 Å². The number of likely N-dealkylation sites (N-methyl/N-ethyl adjacent to an activating group) is 1. The number of anilines is 4. The number of hydrogen-bond donors (Lipinski definition) is 2. The molecule has 2 aliphatic rings. The average molecular weight is 660 g/mol. The molecule has 1 fully saturated rings. The summed E-state index contributed by atoms with van der Waals surface area (Å²) in [5, 5.41) is 0.446. The lowest BCUT2D eigenvalue weighted by molar-refractivity contribution is -0.890. The van der Waals surface area contributed by atoms with E-state index in [1.165, 1.54) is 17.0 Å². The van der Waals surface area contributed by atoms with Gasteiger partial charge in [-0.15, -0.1) is 0 Å². The van der Waals surface area contributed by atoms with Crippen molar-refractivity contribution >= 4 is 61.7 Å². The number of hydrogen-bond acceptors (Lipinski definition) is 12. The van der Waals surface area contributed by atoms with E-state index in [0.717, 1.165) is 74.4 Å². The van der Waals surface area contributed by atoms with Crippen LogP contribution in [-0.4, -0.2) is 97.0 Å². The molecule has 1 aliphatic carbocycles. The van der Waals surface area contributed by atoms with Crippen LogP contribution in [0.25, 0.3) is 6.08 Å². The van der Waals surface area contributed by atoms with Gasteiger partial charge in [0.25, 0.3) is 0 Å². The lowest BCUT2D eigenvalue weighted by Crippen LogP contribution is -2.55. The van der Waals surface area contributed by atoms with Crippen molar-refractivity contribution in [3.63, 3.8) is 0 Å². The van der Waals surface area contributed by atoms with Gasteiger partial charge in [-0.1, -0.05) is 35.6 Å². The summed E-state index contributed by atoms with van der Waals surface area (Å²) in [7, 11) is 2.82. The Labute approximate surface area is 269 Å². The molecule has 0 bridgehead atoms. The van der Waals surface area contributed by atoms with E-state index in [0.29, 0.717) is 16.3 Å². The number of aromatic nitrogens is 1. The summed E-state index contributed by atoms with van der Waals surface area (Å²) < 4.78 is 28.5. The van der Waals surface area contributed by atoms with Crippen molar-refractivity contribution in [1.82, 2.24) is 4.98 Å². The fourth-order valence-corrected chi connectivity index (χ4v) is 5.69. The molecule has 0 radical (unpaired) electrons. The first-order valence-corrected chi connectivity index (χ1v) is 16.6. The van der Waals surface area contributed by atoms with Gasteiger partial charge in [0.2, 0.25) is 0 Å². The Morgan fingerprint density at radius 3 is 1.89 bits per heavy atom. The Morgan fingerprint density at radius 1 is 0.933 bits per heavy atom. The van der Waals surface area contributed by atoms with Crippen LogP contribution >= 0.6 is 11.3 Å². The maximum Gasteiger partial charge on any atom is 0.399 e. The number of thiazole rings is 1. The third kappa shape index (κ3) is 9.34. The second-order valence-corrected chi connectivity index (χ2v) is 13.4. The second kappa shape index (κ2) is 15.5. The molecule has 12 nitrogen and oxygen atoms in total. The van der Waals surface area contributed by atoms with Crippen LogP contribution in [0.5, 0.6) is 0 Å². The Morgan fingerprint density at radius 2 is 1.44 bits per heavy atom. The number of quaternary nitrogens is 1. The summed E-state index contributed by atoms with van der Waals surface area (Å²) in [5.41, 5.74) is 14.7. The molecule has 4 N–H and O–H groups in total. The quantitative estimate of drug-likeness (QED) is 0.165. The summed E-state index contributed by atoms with van der Waals surface area (Å²) in [6, 6.07) is 14.9. The van der Waals surface area contributed by atoms with Gasteiger partial charge in [0, 0.05) is 35.6 Å². The van der Waals surface area contributed by atoms with Crippen LogP contribution in [0, 0.1) is 0 Å². The first-order chi connectivity index (χ1) is 21.3. The lowest BCUT2D eigenvalue weighted by atomic mass is 10.1. The third-order valence-corrected chi connectivity index (χ3v) is 9.15. The topological polar surface area (TPSA) is 158 Å². The monoisotopic (exact) mass is 659 g/mol. The molecule has 0 unspecified atom stereocenters. The lowest BCUT2D eigenvalue weighted by Gasteiger charge is -2.39. The number of ketones is 2. The maximum absolute atomic E-state index is 12.6. The number of allylic oxidation sites excluding steroid dienone is 1. The zero-order chi connectivity index (χ0) is 33.4. The highest BCUT2D eigenvalue weighted by atomic mass is 32.3. The van der Waals surface area contributed by atoms with Crippen LogP contribution < -0.4 is 21.3 Å². The highest BCUT2D eigenvalue weighted by molar-refractivity contribution is 7.81. The van der Waals surface area contributed by atoms with Gasteiger partial charge in [-0.2, -0.15) is 8.42 Å². The first kappa shape index (κ1) is 35.7. The van der Waals surface area contributed by atoms with E-state index in [2.05, 4.69) is 63.2 Å². The van der Waals surface area contributed by atoms with E-state index in [4.69, 9.17) is 11.5 Å².